The van der Waals surface area contributed by atoms with Crippen molar-refractivity contribution in [3.8, 4) is 0 Å². The first-order valence-electron chi connectivity index (χ1n) is 10.9. The highest BCUT2D eigenvalue weighted by atomic mass is 79.9. The first-order valence-corrected chi connectivity index (χ1v) is 12.6. The molecule has 3 rings (SSSR count). The standard InChI is InChI=1S/C22H34BrN3O4S/c1-21(2,3)29-19(27)25-13-7-9-14(10-8-13)26(20(28)30-22(4,5)6)16-11-15(16)17-12-24-18(23)31-17/h12-16H,7-11H2,1-6H3,(H,25,27)/t13?,14?,15-,16-/m1/s1. The smallest absolute Gasteiger partial charge is 0.410 e. The third-order valence-corrected chi connectivity index (χ3v) is 7.00. The molecule has 7 nitrogen and oxygen atoms in total. The van der Waals surface area contributed by atoms with E-state index in [1.165, 1.54) is 4.88 Å². The van der Waals surface area contributed by atoms with E-state index in [0.717, 1.165) is 36.0 Å². The number of hydrogen-bond donors (Lipinski definition) is 1. The van der Waals surface area contributed by atoms with Gasteiger partial charge in [0.1, 0.15) is 11.2 Å². The Balaban J connectivity index is 1.63. The molecule has 0 saturated heterocycles. The summed E-state index contributed by atoms with van der Waals surface area (Å²) in [5.74, 6) is 0.314. The lowest BCUT2D eigenvalue weighted by Gasteiger charge is -2.38. The van der Waals surface area contributed by atoms with Gasteiger partial charge >= 0.3 is 12.2 Å². The molecule has 9 heteroatoms. The Kier molecular flexibility index (Phi) is 7.25. The zero-order valence-electron chi connectivity index (χ0n) is 19.2. The third-order valence-electron chi connectivity index (χ3n) is 5.39. The predicted molar refractivity (Wildman–Crippen MR) is 124 cm³/mol. The Hall–Kier alpha value is -1.35. The minimum absolute atomic E-state index is 0.0686. The molecule has 0 unspecified atom stereocenters. The summed E-state index contributed by atoms with van der Waals surface area (Å²) in [6.07, 6.45) is 5.49. The van der Waals surface area contributed by atoms with E-state index in [4.69, 9.17) is 9.47 Å². The summed E-state index contributed by atoms with van der Waals surface area (Å²) < 4.78 is 12.0. The van der Waals surface area contributed by atoms with E-state index in [0.29, 0.717) is 5.92 Å². The van der Waals surface area contributed by atoms with Gasteiger partial charge in [-0.2, -0.15) is 0 Å². The number of amides is 2. The van der Waals surface area contributed by atoms with Crippen LogP contribution in [0.15, 0.2) is 10.1 Å². The van der Waals surface area contributed by atoms with Crippen LogP contribution in [0.25, 0.3) is 0 Å². The molecule has 0 bridgehead atoms. The van der Waals surface area contributed by atoms with Crippen LogP contribution in [0, 0.1) is 0 Å². The van der Waals surface area contributed by atoms with Crippen LogP contribution in [-0.4, -0.2) is 51.4 Å². The van der Waals surface area contributed by atoms with Crippen LogP contribution in [0.1, 0.15) is 84.4 Å². The Morgan fingerprint density at radius 2 is 1.71 bits per heavy atom. The van der Waals surface area contributed by atoms with E-state index in [1.807, 2.05) is 52.6 Å². The van der Waals surface area contributed by atoms with Crippen LogP contribution in [0.2, 0.25) is 0 Å². The predicted octanol–water partition coefficient (Wildman–Crippen LogP) is 5.83. The number of hydrogen-bond acceptors (Lipinski definition) is 6. The van der Waals surface area contributed by atoms with E-state index in [2.05, 4.69) is 26.2 Å². The molecule has 1 aromatic rings. The van der Waals surface area contributed by atoms with E-state index in [-0.39, 0.29) is 30.3 Å². The lowest BCUT2D eigenvalue weighted by molar-refractivity contribution is 0.00746. The van der Waals surface area contributed by atoms with E-state index in [1.54, 1.807) is 11.3 Å². The van der Waals surface area contributed by atoms with Gasteiger partial charge in [0, 0.05) is 35.1 Å². The largest absolute Gasteiger partial charge is 0.444 e. The Labute approximate surface area is 197 Å². The minimum atomic E-state index is -0.539. The van der Waals surface area contributed by atoms with Gasteiger partial charge in [0.05, 0.1) is 0 Å². The summed E-state index contributed by atoms with van der Waals surface area (Å²) in [4.78, 5) is 32.7. The van der Waals surface area contributed by atoms with E-state index >= 15 is 0 Å². The second-order valence-corrected chi connectivity index (χ2v) is 12.8. The fraction of sp³-hybridized carbons (Fsp3) is 0.773. The number of aromatic nitrogens is 1. The van der Waals surface area contributed by atoms with Gasteiger partial charge in [0.15, 0.2) is 3.92 Å². The zero-order valence-corrected chi connectivity index (χ0v) is 21.6. The van der Waals surface area contributed by atoms with Crippen molar-refractivity contribution in [3.63, 3.8) is 0 Å². The first-order chi connectivity index (χ1) is 14.3. The maximum atomic E-state index is 13.1. The maximum absolute atomic E-state index is 13.1. The molecule has 0 spiro atoms. The number of carbonyl (C=O) groups excluding carboxylic acids is 2. The molecule has 2 atom stereocenters. The number of alkyl carbamates (subject to hydrolysis) is 1. The molecule has 0 aliphatic heterocycles. The summed E-state index contributed by atoms with van der Waals surface area (Å²) in [6.45, 7) is 11.3. The molecule has 2 saturated carbocycles. The van der Waals surface area contributed by atoms with Gasteiger partial charge in [-0.25, -0.2) is 14.6 Å². The number of thiazole rings is 1. The average Bonchev–Trinajstić information content (AvgIpc) is 3.25. The van der Waals surface area contributed by atoms with Crippen molar-refractivity contribution in [2.45, 2.75) is 109 Å². The van der Waals surface area contributed by atoms with Crippen LogP contribution in [0.5, 0.6) is 0 Å². The van der Waals surface area contributed by atoms with Crippen LogP contribution < -0.4 is 5.32 Å². The van der Waals surface area contributed by atoms with Crippen LogP contribution >= 0.6 is 27.3 Å². The number of nitrogens with zero attached hydrogens (tertiary/aromatic N) is 2. The van der Waals surface area contributed by atoms with Gasteiger partial charge < -0.3 is 19.7 Å². The number of ether oxygens (including phenoxy) is 2. The van der Waals surface area contributed by atoms with Crippen LogP contribution in [0.3, 0.4) is 0 Å². The molecule has 1 heterocycles. The van der Waals surface area contributed by atoms with Crippen molar-refractivity contribution >= 4 is 39.5 Å². The van der Waals surface area contributed by atoms with Crippen LogP contribution in [-0.2, 0) is 9.47 Å². The Morgan fingerprint density at radius 1 is 1.10 bits per heavy atom. The van der Waals surface area contributed by atoms with Crippen molar-refractivity contribution in [2.75, 3.05) is 0 Å². The summed E-state index contributed by atoms with van der Waals surface area (Å²) in [5, 5.41) is 2.98. The molecular weight excluding hydrogens is 482 g/mol. The van der Waals surface area contributed by atoms with Gasteiger partial charge in [-0.1, -0.05) is 0 Å². The normalized spacial score (nSPS) is 26.2. The topological polar surface area (TPSA) is 80.8 Å². The molecule has 174 valence electrons. The summed E-state index contributed by atoms with van der Waals surface area (Å²) in [7, 11) is 0. The SMILES string of the molecule is CC(C)(C)OC(=O)NC1CCC(N(C(=O)OC(C)(C)C)[C@@H]2C[C@H]2c2cnc(Br)s2)CC1. The summed E-state index contributed by atoms with van der Waals surface area (Å²) in [6, 6.07) is 0.319. The second kappa shape index (κ2) is 9.25. The van der Waals surface area contributed by atoms with Crippen molar-refractivity contribution in [2.24, 2.45) is 0 Å². The molecular formula is C22H34BrN3O4S. The molecule has 0 radical (unpaired) electrons. The van der Waals surface area contributed by atoms with E-state index in [9.17, 15) is 9.59 Å². The highest BCUT2D eigenvalue weighted by Gasteiger charge is 2.49. The first kappa shape index (κ1) is 24.3. The van der Waals surface area contributed by atoms with Crippen LogP contribution in [0.4, 0.5) is 9.59 Å². The van der Waals surface area contributed by atoms with Gasteiger partial charge in [-0.15, -0.1) is 11.3 Å². The quantitative estimate of drug-likeness (QED) is 0.544. The van der Waals surface area contributed by atoms with Gasteiger partial charge in [0.25, 0.3) is 0 Å². The Morgan fingerprint density at radius 3 is 2.23 bits per heavy atom. The third kappa shape index (κ3) is 7.07. The zero-order chi connectivity index (χ0) is 23.0. The lowest BCUT2D eigenvalue weighted by atomic mass is 9.90. The molecule has 2 amide bonds. The monoisotopic (exact) mass is 515 g/mol. The second-order valence-electron chi connectivity index (χ2n) is 10.5. The van der Waals surface area contributed by atoms with Crippen molar-refractivity contribution in [1.82, 2.24) is 15.2 Å². The molecule has 2 aliphatic carbocycles. The van der Waals surface area contributed by atoms with Gasteiger partial charge in [-0.05, 0) is 89.6 Å². The number of nitrogens with one attached hydrogen (secondary N) is 1. The highest BCUT2D eigenvalue weighted by molar-refractivity contribution is 9.11. The number of halogens is 1. The average molecular weight is 517 g/mol. The van der Waals surface area contributed by atoms with Crippen molar-refractivity contribution in [3.05, 3.63) is 15.0 Å². The summed E-state index contributed by atoms with van der Waals surface area (Å²) in [5.41, 5.74) is -1.05. The maximum Gasteiger partial charge on any atom is 0.410 e. The summed E-state index contributed by atoms with van der Waals surface area (Å²) >= 11 is 5.06. The van der Waals surface area contributed by atoms with E-state index < -0.39 is 11.2 Å². The molecule has 2 fully saturated rings. The molecule has 31 heavy (non-hydrogen) atoms. The number of rotatable bonds is 4. The molecule has 0 aromatic carbocycles. The Bertz CT molecular complexity index is 793. The number of carbonyl (C=O) groups is 2. The highest BCUT2D eigenvalue weighted by Crippen LogP contribution is 2.49. The van der Waals surface area contributed by atoms with Gasteiger partial charge in [0.2, 0.25) is 0 Å². The molecule has 1 aromatic heterocycles. The van der Waals surface area contributed by atoms with Crippen molar-refractivity contribution in [1.29, 1.82) is 0 Å². The molecule has 1 N–H and O–H groups in total. The molecule has 2 aliphatic rings. The van der Waals surface area contributed by atoms with Crippen molar-refractivity contribution < 1.29 is 19.1 Å². The minimum Gasteiger partial charge on any atom is -0.444 e. The fourth-order valence-electron chi connectivity index (χ4n) is 4.07. The van der Waals surface area contributed by atoms with Gasteiger partial charge in [-0.3, -0.25) is 0 Å². The lowest BCUT2D eigenvalue weighted by Crippen LogP contribution is -2.49. The fourth-order valence-corrected chi connectivity index (χ4v) is 5.55.